The van der Waals surface area contributed by atoms with E-state index in [1.807, 2.05) is 29.2 Å². The molecule has 1 aliphatic rings. The molecule has 1 fully saturated rings. The maximum atomic E-state index is 12.1. The first-order valence-corrected chi connectivity index (χ1v) is 8.32. The number of rotatable bonds is 6. The van der Waals surface area contributed by atoms with Gasteiger partial charge in [-0.1, -0.05) is 29.8 Å². The molecule has 5 heteroatoms. The van der Waals surface area contributed by atoms with Crippen LogP contribution in [0.15, 0.2) is 24.3 Å². The van der Waals surface area contributed by atoms with Crippen LogP contribution in [0.3, 0.4) is 0 Å². The Kier molecular flexibility index (Phi) is 6.20. The molecule has 3 nitrogen and oxygen atoms in total. The van der Waals surface area contributed by atoms with Gasteiger partial charge >= 0.3 is 0 Å². The fourth-order valence-corrected chi connectivity index (χ4v) is 3.60. The van der Waals surface area contributed by atoms with Crippen molar-refractivity contribution >= 4 is 29.3 Å². The predicted octanol–water partition coefficient (Wildman–Crippen LogP) is 3.07. The first-order valence-electron chi connectivity index (χ1n) is 6.78. The maximum Gasteiger partial charge on any atom is 0.232 e. The normalized spacial score (nSPS) is 18.5. The molecule has 2 rings (SSSR count). The first-order chi connectivity index (χ1) is 9.70. The van der Waals surface area contributed by atoms with E-state index in [4.69, 9.17) is 16.3 Å². The molecule has 1 aromatic carbocycles. The van der Waals surface area contributed by atoms with Gasteiger partial charge < -0.3 is 9.64 Å². The summed E-state index contributed by atoms with van der Waals surface area (Å²) in [6, 6.07) is 7.78. The van der Waals surface area contributed by atoms with Crippen LogP contribution in [0.2, 0.25) is 5.02 Å². The summed E-state index contributed by atoms with van der Waals surface area (Å²) in [6.07, 6.45) is 1.05. The summed E-state index contributed by atoms with van der Waals surface area (Å²) >= 11 is 7.72. The zero-order chi connectivity index (χ0) is 14.4. The Morgan fingerprint density at radius 1 is 1.50 bits per heavy atom. The summed E-state index contributed by atoms with van der Waals surface area (Å²) in [7, 11) is 1.71. The summed E-state index contributed by atoms with van der Waals surface area (Å²) in [6.45, 7) is 2.44. The minimum atomic E-state index is 0.223. The molecule has 20 heavy (non-hydrogen) atoms. The minimum Gasteiger partial charge on any atom is -0.384 e. The van der Waals surface area contributed by atoms with E-state index in [1.54, 1.807) is 18.9 Å². The molecule has 0 spiro atoms. The third-order valence-electron chi connectivity index (χ3n) is 3.48. The van der Waals surface area contributed by atoms with Gasteiger partial charge in [0.1, 0.15) is 0 Å². The van der Waals surface area contributed by atoms with Crippen molar-refractivity contribution in [2.24, 2.45) is 5.92 Å². The van der Waals surface area contributed by atoms with Crippen molar-refractivity contribution in [1.29, 1.82) is 0 Å². The first kappa shape index (κ1) is 15.7. The highest BCUT2D eigenvalue weighted by Gasteiger charge is 2.25. The second-order valence-electron chi connectivity index (χ2n) is 5.03. The number of ether oxygens (including phenoxy) is 1. The van der Waals surface area contributed by atoms with Crippen LogP contribution in [0, 0.1) is 5.92 Å². The zero-order valence-corrected chi connectivity index (χ0v) is 13.3. The molecule has 0 N–H and O–H groups in total. The minimum absolute atomic E-state index is 0.223. The van der Waals surface area contributed by atoms with Crippen LogP contribution in [0.5, 0.6) is 0 Å². The van der Waals surface area contributed by atoms with E-state index in [0.717, 1.165) is 42.5 Å². The summed E-state index contributed by atoms with van der Waals surface area (Å²) in [5.41, 5.74) is 1.09. The molecule has 1 heterocycles. The topological polar surface area (TPSA) is 29.5 Å². The van der Waals surface area contributed by atoms with Gasteiger partial charge in [-0.3, -0.25) is 4.79 Å². The van der Waals surface area contributed by atoms with E-state index >= 15 is 0 Å². The third kappa shape index (κ3) is 4.40. The molecule has 0 aromatic heterocycles. The molecule has 1 saturated heterocycles. The Labute approximate surface area is 129 Å². The highest BCUT2D eigenvalue weighted by atomic mass is 35.5. The van der Waals surface area contributed by atoms with E-state index in [9.17, 15) is 4.79 Å². The van der Waals surface area contributed by atoms with E-state index in [0.29, 0.717) is 11.7 Å². The third-order valence-corrected chi connectivity index (χ3v) is 4.82. The number of carbonyl (C=O) groups excluding carboxylic acids is 1. The van der Waals surface area contributed by atoms with Crippen LogP contribution in [0.1, 0.15) is 12.0 Å². The second kappa shape index (κ2) is 7.91. The van der Waals surface area contributed by atoms with Crippen molar-refractivity contribution in [2.75, 3.05) is 32.6 Å². The van der Waals surface area contributed by atoms with Crippen LogP contribution < -0.4 is 0 Å². The highest BCUT2D eigenvalue weighted by Crippen LogP contribution is 2.22. The van der Waals surface area contributed by atoms with Gasteiger partial charge in [0.2, 0.25) is 5.91 Å². The van der Waals surface area contributed by atoms with E-state index in [-0.39, 0.29) is 5.91 Å². The summed E-state index contributed by atoms with van der Waals surface area (Å²) in [5, 5.41) is 0.772. The Bertz CT molecular complexity index is 455. The van der Waals surface area contributed by atoms with Crippen molar-refractivity contribution in [1.82, 2.24) is 4.90 Å². The molecule has 0 saturated carbocycles. The van der Waals surface area contributed by atoms with E-state index in [1.165, 1.54) is 0 Å². The van der Waals surface area contributed by atoms with Gasteiger partial charge in [-0.15, -0.1) is 11.8 Å². The molecule has 0 aliphatic carbocycles. The standard InChI is InChI=1S/C15H20ClNO2S/c1-19-9-12-6-7-17(8-12)15(18)11-20-10-13-4-2-3-5-14(13)16/h2-5,12H,6-11H2,1H3. The number of thioether (sulfide) groups is 1. The van der Waals surface area contributed by atoms with Crippen molar-refractivity contribution in [2.45, 2.75) is 12.2 Å². The Balaban J connectivity index is 1.72. The van der Waals surface area contributed by atoms with Gasteiger partial charge in [-0.2, -0.15) is 0 Å². The van der Waals surface area contributed by atoms with E-state index < -0.39 is 0 Å². The number of likely N-dealkylation sites (tertiary alicyclic amines) is 1. The van der Waals surface area contributed by atoms with Gasteiger partial charge in [0.05, 0.1) is 12.4 Å². The molecule has 1 aromatic rings. The number of halogens is 1. The van der Waals surface area contributed by atoms with Gasteiger partial charge in [-0.25, -0.2) is 0 Å². The lowest BCUT2D eigenvalue weighted by molar-refractivity contribution is -0.127. The van der Waals surface area contributed by atoms with Crippen LogP contribution in [-0.2, 0) is 15.3 Å². The molecule has 1 aliphatic heterocycles. The summed E-state index contributed by atoms with van der Waals surface area (Å²) in [4.78, 5) is 14.0. The number of amides is 1. The molecule has 1 unspecified atom stereocenters. The van der Waals surface area contributed by atoms with Gasteiger partial charge in [0, 0.05) is 36.9 Å². The number of hydrogen-bond donors (Lipinski definition) is 0. The van der Waals surface area contributed by atoms with Crippen molar-refractivity contribution in [3.05, 3.63) is 34.9 Å². The fraction of sp³-hybridized carbons (Fsp3) is 0.533. The molecule has 0 bridgehead atoms. The monoisotopic (exact) mass is 313 g/mol. The van der Waals surface area contributed by atoms with Crippen LogP contribution in [0.25, 0.3) is 0 Å². The number of carbonyl (C=O) groups is 1. The maximum absolute atomic E-state index is 12.1. The molecule has 1 atom stereocenters. The molecule has 1 amide bonds. The molecule has 110 valence electrons. The quantitative estimate of drug-likeness (QED) is 0.808. The number of hydrogen-bond acceptors (Lipinski definition) is 3. The Morgan fingerprint density at radius 2 is 2.30 bits per heavy atom. The van der Waals surface area contributed by atoms with Crippen molar-refractivity contribution < 1.29 is 9.53 Å². The lowest BCUT2D eigenvalue weighted by atomic mass is 10.1. The largest absolute Gasteiger partial charge is 0.384 e. The van der Waals surface area contributed by atoms with Crippen molar-refractivity contribution in [3.8, 4) is 0 Å². The van der Waals surface area contributed by atoms with Crippen LogP contribution in [0.4, 0.5) is 0 Å². The summed E-state index contributed by atoms with van der Waals surface area (Å²) in [5.74, 6) is 2.02. The Morgan fingerprint density at radius 3 is 3.05 bits per heavy atom. The smallest absolute Gasteiger partial charge is 0.232 e. The van der Waals surface area contributed by atoms with Crippen LogP contribution in [-0.4, -0.2) is 43.4 Å². The predicted molar refractivity (Wildman–Crippen MR) is 84.2 cm³/mol. The number of methoxy groups -OCH3 is 1. The van der Waals surface area contributed by atoms with Crippen molar-refractivity contribution in [3.63, 3.8) is 0 Å². The lowest BCUT2D eigenvalue weighted by Crippen LogP contribution is -2.30. The van der Waals surface area contributed by atoms with E-state index in [2.05, 4.69) is 0 Å². The molecule has 0 radical (unpaired) electrons. The average Bonchev–Trinajstić information content (AvgIpc) is 2.90. The number of nitrogens with zero attached hydrogens (tertiary/aromatic N) is 1. The van der Waals surface area contributed by atoms with Gasteiger partial charge in [0.15, 0.2) is 0 Å². The Hall–Kier alpha value is -0.710. The fourth-order valence-electron chi connectivity index (χ4n) is 2.39. The molecular formula is C15H20ClNO2S. The lowest BCUT2D eigenvalue weighted by Gasteiger charge is -2.16. The summed E-state index contributed by atoms with van der Waals surface area (Å²) < 4.78 is 5.15. The second-order valence-corrected chi connectivity index (χ2v) is 6.43. The van der Waals surface area contributed by atoms with Crippen LogP contribution >= 0.6 is 23.4 Å². The van der Waals surface area contributed by atoms with Gasteiger partial charge in [0.25, 0.3) is 0 Å². The SMILES string of the molecule is COCC1CCN(C(=O)CSCc2ccccc2Cl)C1. The number of benzene rings is 1. The molecular weight excluding hydrogens is 294 g/mol. The zero-order valence-electron chi connectivity index (χ0n) is 11.7. The van der Waals surface area contributed by atoms with Gasteiger partial charge in [-0.05, 0) is 18.1 Å². The average molecular weight is 314 g/mol. The highest BCUT2D eigenvalue weighted by molar-refractivity contribution is 7.99.